The number of amides is 2. The van der Waals surface area contributed by atoms with Gasteiger partial charge in [-0.25, -0.2) is 9.59 Å². The summed E-state index contributed by atoms with van der Waals surface area (Å²) in [6.45, 7) is 2.45. The van der Waals surface area contributed by atoms with E-state index in [2.05, 4.69) is 10.6 Å². The van der Waals surface area contributed by atoms with Crippen molar-refractivity contribution >= 4 is 23.8 Å². The summed E-state index contributed by atoms with van der Waals surface area (Å²) in [5.74, 6) is 0.933. The molecular weight excluding hydrogens is 388 g/mol. The smallest absolute Gasteiger partial charge is 0.338 e. The first-order valence-corrected chi connectivity index (χ1v) is 10.7. The maximum Gasteiger partial charge on any atom is 0.338 e. The number of hydrogen-bond acceptors (Lipinski definition) is 5. The van der Waals surface area contributed by atoms with Crippen molar-refractivity contribution in [2.24, 2.45) is 0 Å². The van der Waals surface area contributed by atoms with Crippen LogP contribution in [0.15, 0.2) is 65.9 Å². The SMILES string of the molecule is CSCCOC(=O)C1=C(C)NC(=O)N[C@H]1c1cccc(OCc2ccccc2)c1. The first kappa shape index (κ1) is 20.8. The van der Waals surface area contributed by atoms with Gasteiger partial charge in [-0.1, -0.05) is 42.5 Å². The molecule has 2 aromatic rings. The van der Waals surface area contributed by atoms with Gasteiger partial charge in [0, 0.05) is 11.4 Å². The van der Waals surface area contributed by atoms with Crippen molar-refractivity contribution in [1.29, 1.82) is 0 Å². The molecule has 6 nitrogen and oxygen atoms in total. The summed E-state index contributed by atoms with van der Waals surface area (Å²) < 4.78 is 11.3. The van der Waals surface area contributed by atoms with E-state index < -0.39 is 12.0 Å². The van der Waals surface area contributed by atoms with Crippen LogP contribution in [0.3, 0.4) is 0 Å². The number of rotatable bonds is 8. The Bertz CT molecular complexity index is 899. The molecule has 1 aliphatic rings. The lowest BCUT2D eigenvalue weighted by molar-refractivity contribution is -0.138. The molecule has 0 bridgehead atoms. The highest BCUT2D eigenvalue weighted by molar-refractivity contribution is 7.98. The minimum Gasteiger partial charge on any atom is -0.489 e. The molecule has 3 rings (SSSR count). The fourth-order valence-electron chi connectivity index (χ4n) is 3.03. The molecule has 2 N–H and O–H groups in total. The van der Waals surface area contributed by atoms with E-state index in [0.717, 1.165) is 11.1 Å². The van der Waals surface area contributed by atoms with Crippen LogP contribution in [0.2, 0.25) is 0 Å². The summed E-state index contributed by atoms with van der Waals surface area (Å²) in [5, 5.41) is 5.47. The fraction of sp³-hybridized carbons (Fsp3) is 0.273. The maximum atomic E-state index is 12.7. The Morgan fingerprint density at radius 3 is 2.69 bits per heavy atom. The quantitative estimate of drug-likeness (QED) is 0.509. The topological polar surface area (TPSA) is 76.7 Å². The second kappa shape index (κ2) is 10.0. The standard InChI is InChI=1S/C22H24N2O4S/c1-15-19(21(25)27-11-12-29-2)20(24-22(26)23-15)17-9-6-10-18(13-17)28-14-16-7-4-3-5-8-16/h3-10,13,20H,11-12,14H2,1-2H3,(H2,23,24,26)/t20-/m0/s1. The molecule has 7 heteroatoms. The summed E-state index contributed by atoms with van der Waals surface area (Å²) in [6, 6.07) is 16.3. The van der Waals surface area contributed by atoms with E-state index in [1.54, 1.807) is 18.7 Å². The Morgan fingerprint density at radius 1 is 1.14 bits per heavy atom. The fourth-order valence-corrected chi connectivity index (χ4v) is 3.28. The lowest BCUT2D eigenvalue weighted by Gasteiger charge is -2.28. The molecule has 2 amide bonds. The van der Waals surface area contributed by atoms with Crippen molar-refractivity contribution in [3.63, 3.8) is 0 Å². The maximum absolute atomic E-state index is 12.7. The molecule has 2 aromatic carbocycles. The molecule has 1 atom stereocenters. The van der Waals surface area contributed by atoms with Gasteiger partial charge in [-0.15, -0.1) is 0 Å². The van der Waals surface area contributed by atoms with Crippen LogP contribution in [0, 0.1) is 0 Å². The summed E-state index contributed by atoms with van der Waals surface area (Å²) in [7, 11) is 0. The highest BCUT2D eigenvalue weighted by atomic mass is 32.2. The van der Waals surface area contributed by atoms with E-state index in [-0.39, 0.29) is 6.03 Å². The molecule has 0 saturated carbocycles. The largest absolute Gasteiger partial charge is 0.489 e. The number of benzene rings is 2. The van der Waals surface area contributed by atoms with Gasteiger partial charge in [0.1, 0.15) is 19.0 Å². The van der Waals surface area contributed by atoms with Crippen molar-refractivity contribution in [3.05, 3.63) is 77.0 Å². The van der Waals surface area contributed by atoms with E-state index >= 15 is 0 Å². The van der Waals surface area contributed by atoms with Gasteiger partial charge in [0.2, 0.25) is 0 Å². The predicted molar refractivity (Wildman–Crippen MR) is 114 cm³/mol. The molecule has 0 spiro atoms. The van der Waals surface area contributed by atoms with Crippen LogP contribution in [-0.2, 0) is 16.1 Å². The summed E-state index contributed by atoms with van der Waals surface area (Å²) in [6.07, 6.45) is 1.95. The molecule has 0 aliphatic carbocycles. The molecule has 0 saturated heterocycles. The van der Waals surface area contributed by atoms with Crippen LogP contribution in [-0.4, -0.2) is 30.6 Å². The van der Waals surface area contributed by atoms with E-state index in [4.69, 9.17) is 9.47 Å². The zero-order chi connectivity index (χ0) is 20.6. The normalized spacial score (nSPS) is 16.1. The number of urea groups is 1. The number of nitrogens with one attached hydrogen (secondary N) is 2. The number of thioether (sulfide) groups is 1. The summed E-state index contributed by atoms with van der Waals surface area (Å²) in [5.41, 5.74) is 2.69. The number of allylic oxidation sites excluding steroid dienone is 1. The predicted octanol–water partition coefficient (Wildman–Crippen LogP) is 3.80. The molecule has 29 heavy (non-hydrogen) atoms. The van der Waals surface area contributed by atoms with Gasteiger partial charge in [-0.05, 0) is 36.4 Å². The van der Waals surface area contributed by atoms with Crippen LogP contribution < -0.4 is 15.4 Å². The third-order valence-corrected chi connectivity index (χ3v) is 5.02. The molecule has 0 unspecified atom stereocenters. The molecule has 152 valence electrons. The molecule has 0 aromatic heterocycles. The van der Waals surface area contributed by atoms with E-state index in [1.807, 2.05) is 60.9 Å². The Kier molecular flexibility index (Phi) is 7.19. The van der Waals surface area contributed by atoms with E-state index in [0.29, 0.717) is 36.0 Å². The minimum absolute atomic E-state index is 0.317. The third kappa shape index (κ3) is 5.54. The van der Waals surface area contributed by atoms with E-state index in [1.165, 1.54) is 0 Å². The highest BCUT2D eigenvalue weighted by Gasteiger charge is 2.32. The number of esters is 1. The number of hydrogen-bond donors (Lipinski definition) is 2. The van der Waals surface area contributed by atoms with Crippen LogP contribution in [0.25, 0.3) is 0 Å². The number of carbonyl (C=O) groups excluding carboxylic acids is 2. The molecule has 0 fully saturated rings. The lowest BCUT2D eigenvalue weighted by atomic mass is 9.95. The second-order valence-corrected chi connectivity index (χ2v) is 7.53. The van der Waals surface area contributed by atoms with Gasteiger partial charge in [-0.2, -0.15) is 11.8 Å². The van der Waals surface area contributed by atoms with Gasteiger partial charge >= 0.3 is 12.0 Å². The minimum atomic E-state index is -0.606. The van der Waals surface area contributed by atoms with Crippen molar-refractivity contribution in [2.45, 2.75) is 19.6 Å². The van der Waals surface area contributed by atoms with Crippen molar-refractivity contribution in [3.8, 4) is 5.75 Å². The first-order valence-electron chi connectivity index (χ1n) is 9.29. The van der Waals surface area contributed by atoms with Gasteiger partial charge in [0.15, 0.2) is 0 Å². The van der Waals surface area contributed by atoms with Crippen LogP contribution in [0.4, 0.5) is 4.79 Å². The molecule has 1 heterocycles. The average molecular weight is 413 g/mol. The van der Waals surface area contributed by atoms with E-state index in [9.17, 15) is 9.59 Å². The summed E-state index contributed by atoms with van der Waals surface area (Å²) >= 11 is 1.60. The lowest BCUT2D eigenvalue weighted by Crippen LogP contribution is -2.45. The Morgan fingerprint density at radius 2 is 1.93 bits per heavy atom. The van der Waals surface area contributed by atoms with Crippen LogP contribution >= 0.6 is 11.8 Å². The monoisotopic (exact) mass is 412 g/mol. The van der Waals surface area contributed by atoms with Crippen molar-refractivity contribution < 1.29 is 19.1 Å². The van der Waals surface area contributed by atoms with Crippen LogP contribution in [0.5, 0.6) is 5.75 Å². The van der Waals surface area contributed by atoms with Gasteiger partial charge < -0.3 is 20.1 Å². The third-order valence-electron chi connectivity index (χ3n) is 4.45. The number of carbonyl (C=O) groups is 2. The highest BCUT2D eigenvalue weighted by Crippen LogP contribution is 2.30. The molecule has 1 aliphatic heterocycles. The Balaban J connectivity index is 1.80. The Hall–Kier alpha value is -2.93. The van der Waals surface area contributed by atoms with Gasteiger partial charge in [0.25, 0.3) is 0 Å². The number of ether oxygens (including phenoxy) is 2. The zero-order valence-corrected chi connectivity index (χ0v) is 17.3. The zero-order valence-electron chi connectivity index (χ0n) is 16.4. The molecule has 0 radical (unpaired) electrons. The average Bonchev–Trinajstić information content (AvgIpc) is 2.73. The van der Waals surface area contributed by atoms with Crippen LogP contribution in [0.1, 0.15) is 24.1 Å². The summed E-state index contributed by atoms with van der Waals surface area (Å²) in [4.78, 5) is 24.7. The second-order valence-electron chi connectivity index (χ2n) is 6.55. The Labute approximate surface area is 174 Å². The van der Waals surface area contributed by atoms with Gasteiger partial charge in [0.05, 0.1) is 11.6 Å². The first-order chi connectivity index (χ1) is 14.1. The molecular formula is C22H24N2O4S. The van der Waals surface area contributed by atoms with Crippen molar-refractivity contribution in [2.75, 3.05) is 18.6 Å². The van der Waals surface area contributed by atoms with Crippen molar-refractivity contribution in [1.82, 2.24) is 10.6 Å². The van der Waals surface area contributed by atoms with Gasteiger partial charge in [-0.3, -0.25) is 0 Å².